The number of aliphatic hydroxyl groups is 1. The Labute approximate surface area is 88.1 Å². The summed E-state index contributed by atoms with van der Waals surface area (Å²) in [6, 6.07) is 0.652. The van der Waals surface area contributed by atoms with Crippen LogP contribution in [0.15, 0.2) is 0 Å². The number of rotatable bonds is 4. The molecular formula is C12H25NO. The first-order valence-electron chi connectivity index (χ1n) is 6.01. The highest BCUT2D eigenvalue weighted by Gasteiger charge is 2.22. The van der Waals surface area contributed by atoms with Gasteiger partial charge in [-0.05, 0) is 44.4 Å². The Hall–Kier alpha value is -0.0800. The van der Waals surface area contributed by atoms with Crippen molar-refractivity contribution in [1.82, 2.24) is 5.32 Å². The summed E-state index contributed by atoms with van der Waals surface area (Å²) in [4.78, 5) is 0. The van der Waals surface area contributed by atoms with Crippen LogP contribution in [0.5, 0.6) is 0 Å². The first-order valence-corrected chi connectivity index (χ1v) is 6.01. The number of hydrogen-bond donors (Lipinski definition) is 2. The highest BCUT2D eigenvalue weighted by molar-refractivity contribution is 4.78. The predicted octanol–water partition coefficient (Wildman–Crippen LogP) is 2.17. The third-order valence-electron chi connectivity index (χ3n) is 3.42. The van der Waals surface area contributed by atoms with E-state index in [1.807, 2.05) is 6.92 Å². The largest absolute Gasteiger partial charge is 0.392 e. The van der Waals surface area contributed by atoms with Gasteiger partial charge in [0.2, 0.25) is 0 Å². The van der Waals surface area contributed by atoms with Gasteiger partial charge in [0.15, 0.2) is 0 Å². The number of aliphatic hydroxyl groups excluding tert-OH is 1. The van der Waals surface area contributed by atoms with Gasteiger partial charge in [0.1, 0.15) is 0 Å². The van der Waals surface area contributed by atoms with Crippen molar-refractivity contribution in [3.63, 3.8) is 0 Å². The van der Waals surface area contributed by atoms with Crippen LogP contribution >= 0.6 is 0 Å². The summed E-state index contributed by atoms with van der Waals surface area (Å²) >= 11 is 0. The molecule has 1 saturated carbocycles. The molecule has 1 rings (SSSR count). The lowest BCUT2D eigenvalue weighted by molar-refractivity contribution is 0.172. The van der Waals surface area contributed by atoms with Crippen molar-refractivity contribution in [2.24, 2.45) is 11.8 Å². The van der Waals surface area contributed by atoms with Crippen molar-refractivity contribution < 1.29 is 5.11 Å². The fraction of sp³-hybridized carbons (Fsp3) is 1.00. The normalized spacial score (nSPS) is 30.6. The molecule has 0 radical (unpaired) electrons. The molecule has 2 N–H and O–H groups in total. The van der Waals surface area contributed by atoms with Gasteiger partial charge < -0.3 is 10.4 Å². The van der Waals surface area contributed by atoms with Gasteiger partial charge in [-0.2, -0.15) is 0 Å². The molecule has 0 amide bonds. The van der Waals surface area contributed by atoms with Gasteiger partial charge in [-0.1, -0.05) is 13.8 Å². The number of hydrogen-bond acceptors (Lipinski definition) is 2. The van der Waals surface area contributed by atoms with Gasteiger partial charge in [-0.3, -0.25) is 0 Å². The molecule has 1 aliphatic rings. The van der Waals surface area contributed by atoms with E-state index in [0.29, 0.717) is 6.04 Å². The Morgan fingerprint density at radius 2 is 1.71 bits per heavy atom. The second-order valence-electron chi connectivity index (χ2n) is 5.11. The molecule has 0 spiro atoms. The van der Waals surface area contributed by atoms with Crippen LogP contribution in [0.2, 0.25) is 0 Å². The third kappa shape index (κ3) is 3.97. The molecule has 0 bridgehead atoms. The fourth-order valence-electron chi connectivity index (χ4n) is 2.33. The summed E-state index contributed by atoms with van der Waals surface area (Å²) in [6.07, 6.45) is 5.08. The molecule has 1 aliphatic carbocycles. The van der Waals surface area contributed by atoms with Crippen LogP contribution in [-0.2, 0) is 0 Å². The predicted molar refractivity (Wildman–Crippen MR) is 60.3 cm³/mol. The maximum Gasteiger partial charge on any atom is 0.0636 e. The molecule has 2 heteroatoms. The lowest BCUT2D eigenvalue weighted by Crippen LogP contribution is -2.37. The van der Waals surface area contributed by atoms with E-state index in [-0.39, 0.29) is 6.10 Å². The lowest BCUT2D eigenvalue weighted by atomic mass is 9.80. The summed E-state index contributed by atoms with van der Waals surface area (Å²) in [5.41, 5.74) is 0. The average Bonchev–Trinajstić information content (AvgIpc) is 2.15. The Morgan fingerprint density at radius 3 is 2.14 bits per heavy atom. The van der Waals surface area contributed by atoms with E-state index in [9.17, 15) is 0 Å². The standard InChI is InChI=1S/C12H25NO/c1-9(2)11-4-6-12(7-5-11)13-8-10(3)14/h9-14H,4-8H2,1-3H3/t10-,11?,12?/m0/s1. The molecule has 0 saturated heterocycles. The van der Waals surface area contributed by atoms with E-state index in [4.69, 9.17) is 5.11 Å². The van der Waals surface area contributed by atoms with E-state index in [1.165, 1.54) is 25.7 Å². The van der Waals surface area contributed by atoms with Crippen LogP contribution in [0.25, 0.3) is 0 Å². The molecule has 1 fully saturated rings. The van der Waals surface area contributed by atoms with Crippen LogP contribution in [0.1, 0.15) is 46.5 Å². The van der Waals surface area contributed by atoms with Gasteiger partial charge in [-0.15, -0.1) is 0 Å². The average molecular weight is 199 g/mol. The summed E-state index contributed by atoms with van der Waals surface area (Å²) < 4.78 is 0. The maximum atomic E-state index is 9.16. The minimum Gasteiger partial charge on any atom is -0.392 e. The Kier molecular flexibility index (Phi) is 4.90. The van der Waals surface area contributed by atoms with Gasteiger partial charge in [0, 0.05) is 12.6 Å². The molecule has 0 heterocycles. The van der Waals surface area contributed by atoms with E-state index >= 15 is 0 Å². The van der Waals surface area contributed by atoms with Gasteiger partial charge in [0.25, 0.3) is 0 Å². The van der Waals surface area contributed by atoms with Crippen LogP contribution in [-0.4, -0.2) is 23.8 Å². The Balaban J connectivity index is 2.16. The summed E-state index contributed by atoms with van der Waals surface area (Å²) in [7, 11) is 0. The lowest BCUT2D eigenvalue weighted by Gasteiger charge is -2.31. The van der Waals surface area contributed by atoms with Crippen molar-refractivity contribution in [2.45, 2.75) is 58.6 Å². The topological polar surface area (TPSA) is 32.3 Å². The fourth-order valence-corrected chi connectivity index (χ4v) is 2.33. The van der Waals surface area contributed by atoms with Crippen LogP contribution in [0, 0.1) is 11.8 Å². The van der Waals surface area contributed by atoms with Crippen molar-refractivity contribution in [3.8, 4) is 0 Å². The SMILES string of the molecule is CC(C)C1CCC(NC[C@H](C)O)CC1. The zero-order valence-electron chi connectivity index (χ0n) is 9.79. The van der Waals surface area contributed by atoms with E-state index in [1.54, 1.807) is 0 Å². The van der Waals surface area contributed by atoms with Crippen LogP contribution in [0.4, 0.5) is 0 Å². The molecule has 0 aromatic rings. The maximum absolute atomic E-state index is 9.16. The van der Waals surface area contributed by atoms with E-state index in [0.717, 1.165) is 18.4 Å². The van der Waals surface area contributed by atoms with E-state index < -0.39 is 0 Å². The monoisotopic (exact) mass is 199 g/mol. The highest BCUT2D eigenvalue weighted by Crippen LogP contribution is 2.29. The molecule has 0 aromatic carbocycles. The van der Waals surface area contributed by atoms with Crippen LogP contribution < -0.4 is 5.32 Å². The van der Waals surface area contributed by atoms with Gasteiger partial charge in [-0.25, -0.2) is 0 Å². The van der Waals surface area contributed by atoms with Gasteiger partial charge >= 0.3 is 0 Å². The minimum atomic E-state index is -0.210. The summed E-state index contributed by atoms with van der Waals surface area (Å²) in [6.45, 7) is 7.24. The molecule has 0 aromatic heterocycles. The zero-order chi connectivity index (χ0) is 10.6. The Bertz CT molecular complexity index is 148. The third-order valence-corrected chi connectivity index (χ3v) is 3.42. The molecular weight excluding hydrogens is 174 g/mol. The second-order valence-corrected chi connectivity index (χ2v) is 5.11. The molecule has 0 unspecified atom stereocenters. The first kappa shape index (κ1) is 12.0. The quantitative estimate of drug-likeness (QED) is 0.727. The van der Waals surface area contributed by atoms with Crippen molar-refractivity contribution in [2.75, 3.05) is 6.54 Å². The molecule has 2 nitrogen and oxygen atoms in total. The minimum absolute atomic E-state index is 0.210. The van der Waals surface area contributed by atoms with Crippen molar-refractivity contribution in [1.29, 1.82) is 0 Å². The van der Waals surface area contributed by atoms with Gasteiger partial charge in [0.05, 0.1) is 6.10 Å². The second kappa shape index (κ2) is 5.72. The van der Waals surface area contributed by atoms with E-state index in [2.05, 4.69) is 19.2 Å². The smallest absolute Gasteiger partial charge is 0.0636 e. The summed E-state index contributed by atoms with van der Waals surface area (Å²) in [5.74, 6) is 1.77. The molecule has 14 heavy (non-hydrogen) atoms. The molecule has 84 valence electrons. The highest BCUT2D eigenvalue weighted by atomic mass is 16.3. The Morgan fingerprint density at radius 1 is 1.14 bits per heavy atom. The van der Waals surface area contributed by atoms with Crippen molar-refractivity contribution in [3.05, 3.63) is 0 Å². The number of nitrogens with one attached hydrogen (secondary N) is 1. The zero-order valence-corrected chi connectivity index (χ0v) is 9.79. The van der Waals surface area contributed by atoms with Crippen LogP contribution in [0.3, 0.4) is 0 Å². The molecule has 1 atom stereocenters. The molecule has 0 aliphatic heterocycles. The summed E-state index contributed by atoms with van der Waals surface area (Å²) in [5, 5.41) is 12.6. The van der Waals surface area contributed by atoms with Crippen molar-refractivity contribution >= 4 is 0 Å². The first-order chi connectivity index (χ1) is 6.59.